The minimum absolute atomic E-state index is 0.688. The SMILES string of the molecule is CC(C)(O)C(C)(C)O[B]c1ccc(-c2cccc3oc4ccccc4c23)cc1. The summed E-state index contributed by atoms with van der Waals surface area (Å²) < 4.78 is 11.8. The first-order chi connectivity index (χ1) is 13.3. The molecule has 1 radical (unpaired) electrons. The first-order valence-corrected chi connectivity index (χ1v) is 9.50. The van der Waals surface area contributed by atoms with E-state index in [-0.39, 0.29) is 0 Å². The molecule has 0 aliphatic heterocycles. The van der Waals surface area contributed by atoms with Gasteiger partial charge in [0.1, 0.15) is 11.2 Å². The summed E-state index contributed by atoms with van der Waals surface area (Å²) in [6.07, 6.45) is 0. The molecule has 0 saturated heterocycles. The predicted molar refractivity (Wildman–Crippen MR) is 116 cm³/mol. The van der Waals surface area contributed by atoms with Crippen LogP contribution in [0.2, 0.25) is 0 Å². The molecule has 0 aliphatic rings. The summed E-state index contributed by atoms with van der Waals surface area (Å²) in [6, 6.07) is 22.5. The van der Waals surface area contributed by atoms with Gasteiger partial charge in [0, 0.05) is 10.8 Å². The molecule has 141 valence electrons. The summed E-state index contributed by atoms with van der Waals surface area (Å²) in [4.78, 5) is 0. The highest BCUT2D eigenvalue weighted by atomic mass is 16.5. The van der Waals surface area contributed by atoms with E-state index in [1.165, 1.54) is 0 Å². The second kappa shape index (κ2) is 6.80. The summed E-state index contributed by atoms with van der Waals surface area (Å²) >= 11 is 0. The molecule has 4 heteroatoms. The van der Waals surface area contributed by atoms with Crippen LogP contribution >= 0.6 is 0 Å². The van der Waals surface area contributed by atoms with Crippen molar-refractivity contribution in [2.45, 2.75) is 38.9 Å². The summed E-state index contributed by atoms with van der Waals surface area (Å²) in [7, 11) is 1.70. The maximum absolute atomic E-state index is 10.2. The van der Waals surface area contributed by atoms with Crippen LogP contribution in [0.4, 0.5) is 0 Å². The molecule has 1 aromatic heterocycles. The molecule has 3 aromatic carbocycles. The van der Waals surface area contributed by atoms with E-state index in [0.717, 1.165) is 38.5 Å². The maximum atomic E-state index is 10.2. The molecule has 3 nitrogen and oxygen atoms in total. The number of hydrogen-bond donors (Lipinski definition) is 1. The van der Waals surface area contributed by atoms with E-state index in [1.54, 1.807) is 21.3 Å². The van der Waals surface area contributed by atoms with E-state index in [2.05, 4.69) is 24.3 Å². The molecule has 0 fully saturated rings. The van der Waals surface area contributed by atoms with E-state index in [1.807, 2.05) is 56.3 Å². The number of aliphatic hydroxyl groups is 1. The van der Waals surface area contributed by atoms with Crippen LogP contribution in [0, 0.1) is 0 Å². The quantitative estimate of drug-likeness (QED) is 0.499. The van der Waals surface area contributed by atoms with Crippen LogP contribution in [0.3, 0.4) is 0 Å². The smallest absolute Gasteiger partial charge is 0.330 e. The molecule has 28 heavy (non-hydrogen) atoms. The molecule has 4 aromatic rings. The average molecular weight is 371 g/mol. The molecule has 0 amide bonds. The molecular formula is C24H24BO3. The molecule has 4 rings (SSSR count). The molecule has 1 N–H and O–H groups in total. The highest BCUT2D eigenvalue weighted by molar-refractivity contribution is 6.47. The first-order valence-electron chi connectivity index (χ1n) is 9.50. The molecule has 0 atom stereocenters. The van der Waals surface area contributed by atoms with Gasteiger partial charge in [-0.1, -0.05) is 60.1 Å². The molecule has 1 heterocycles. The Morgan fingerprint density at radius 1 is 0.821 bits per heavy atom. The van der Waals surface area contributed by atoms with Gasteiger partial charge in [-0.25, -0.2) is 0 Å². The fourth-order valence-electron chi connectivity index (χ4n) is 3.12. The Bertz CT molecular complexity index is 1120. The van der Waals surface area contributed by atoms with Gasteiger partial charge in [0.2, 0.25) is 0 Å². The van der Waals surface area contributed by atoms with Crippen molar-refractivity contribution in [3.63, 3.8) is 0 Å². The van der Waals surface area contributed by atoms with Crippen molar-refractivity contribution in [1.82, 2.24) is 0 Å². The first kappa shape index (κ1) is 18.8. The minimum Gasteiger partial charge on any atom is -0.456 e. The standard InChI is InChI=1S/C24H24BO3/c1-23(2,26)24(3,4)28-25-17-14-12-16(13-15-17)18-9-7-11-21-22(18)19-8-5-6-10-20(19)27-21/h5-15,26H,1-4H3. The normalized spacial score (nSPS) is 12.6. The van der Waals surface area contributed by atoms with E-state index < -0.39 is 11.2 Å². The number of benzene rings is 3. The van der Waals surface area contributed by atoms with Gasteiger partial charge in [0.05, 0.1) is 11.2 Å². The van der Waals surface area contributed by atoms with Crippen LogP contribution in [0.1, 0.15) is 27.7 Å². The number of furan rings is 1. The zero-order valence-corrected chi connectivity index (χ0v) is 16.7. The lowest BCUT2D eigenvalue weighted by molar-refractivity contribution is -0.0893. The fourth-order valence-corrected chi connectivity index (χ4v) is 3.12. The molecular weight excluding hydrogens is 347 g/mol. The lowest BCUT2D eigenvalue weighted by atomic mass is 9.82. The van der Waals surface area contributed by atoms with Gasteiger partial charge < -0.3 is 14.2 Å². The molecule has 0 unspecified atom stereocenters. The lowest BCUT2D eigenvalue weighted by Gasteiger charge is -2.37. The van der Waals surface area contributed by atoms with Crippen LogP contribution < -0.4 is 5.46 Å². The third kappa shape index (κ3) is 3.34. The zero-order chi connectivity index (χ0) is 19.9. The van der Waals surface area contributed by atoms with Gasteiger partial charge in [-0.15, -0.1) is 0 Å². The Balaban J connectivity index is 1.65. The number of para-hydroxylation sites is 1. The van der Waals surface area contributed by atoms with Gasteiger partial charge in [-0.05, 0) is 51.0 Å². The number of hydrogen-bond acceptors (Lipinski definition) is 3. The Morgan fingerprint density at radius 2 is 1.50 bits per heavy atom. The van der Waals surface area contributed by atoms with Crippen LogP contribution in [0.25, 0.3) is 33.1 Å². The minimum atomic E-state index is -0.943. The second-order valence-electron chi connectivity index (χ2n) is 8.20. The van der Waals surface area contributed by atoms with Crippen LogP contribution in [0.15, 0.2) is 71.1 Å². The zero-order valence-electron chi connectivity index (χ0n) is 16.7. The Hall–Kier alpha value is -2.56. The van der Waals surface area contributed by atoms with Crippen molar-refractivity contribution in [2.24, 2.45) is 0 Å². The number of rotatable bonds is 5. The van der Waals surface area contributed by atoms with Crippen molar-refractivity contribution < 1.29 is 14.2 Å². The monoisotopic (exact) mass is 371 g/mol. The van der Waals surface area contributed by atoms with E-state index in [9.17, 15) is 5.11 Å². The summed E-state index contributed by atoms with van der Waals surface area (Å²) in [5.74, 6) is 0. The maximum Gasteiger partial charge on any atom is 0.330 e. The number of fused-ring (bicyclic) bond motifs is 3. The fraction of sp³-hybridized carbons (Fsp3) is 0.250. The largest absolute Gasteiger partial charge is 0.456 e. The van der Waals surface area contributed by atoms with E-state index >= 15 is 0 Å². The third-order valence-electron chi connectivity index (χ3n) is 5.59. The summed E-state index contributed by atoms with van der Waals surface area (Å²) in [5.41, 5.74) is 3.38. The van der Waals surface area contributed by atoms with Crippen molar-refractivity contribution in [1.29, 1.82) is 0 Å². The second-order valence-corrected chi connectivity index (χ2v) is 8.20. The predicted octanol–water partition coefficient (Wildman–Crippen LogP) is 5.06. The Kier molecular flexibility index (Phi) is 4.57. The Morgan fingerprint density at radius 3 is 2.21 bits per heavy atom. The van der Waals surface area contributed by atoms with Gasteiger partial charge in [-0.2, -0.15) is 0 Å². The van der Waals surface area contributed by atoms with Gasteiger partial charge in [-0.3, -0.25) is 0 Å². The van der Waals surface area contributed by atoms with Crippen LogP contribution in [0.5, 0.6) is 0 Å². The van der Waals surface area contributed by atoms with Crippen LogP contribution in [-0.2, 0) is 4.65 Å². The van der Waals surface area contributed by atoms with Gasteiger partial charge in [0.25, 0.3) is 0 Å². The van der Waals surface area contributed by atoms with Crippen molar-refractivity contribution in [3.05, 3.63) is 66.7 Å². The molecule has 0 saturated carbocycles. The molecule has 0 spiro atoms. The van der Waals surface area contributed by atoms with Crippen molar-refractivity contribution >= 4 is 34.9 Å². The highest BCUT2D eigenvalue weighted by Gasteiger charge is 2.35. The third-order valence-corrected chi connectivity index (χ3v) is 5.59. The van der Waals surface area contributed by atoms with Crippen LogP contribution in [-0.4, -0.2) is 23.8 Å². The summed E-state index contributed by atoms with van der Waals surface area (Å²) in [5, 5.41) is 12.5. The van der Waals surface area contributed by atoms with Gasteiger partial charge >= 0.3 is 7.48 Å². The van der Waals surface area contributed by atoms with E-state index in [0.29, 0.717) is 0 Å². The van der Waals surface area contributed by atoms with E-state index in [4.69, 9.17) is 9.07 Å². The topological polar surface area (TPSA) is 42.6 Å². The average Bonchev–Trinajstić information content (AvgIpc) is 3.05. The highest BCUT2D eigenvalue weighted by Crippen LogP contribution is 2.36. The van der Waals surface area contributed by atoms with Gasteiger partial charge in [0.15, 0.2) is 0 Å². The van der Waals surface area contributed by atoms with Crippen molar-refractivity contribution in [3.8, 4) is 11.1 Å². The summed E-state index contributed by atoms with van der Waals surface area (Å²) in [6.45, 7) is 7.25. The molecule has 0 aliphatic carbocycles. The molecule has 0 bridgehead atoms. The Labute approximate surface area is 166 Å². The van der Waals surface area contributed by atoms with Crippen molar-refractivity contribution in [2.75, 3.05) is 0 Å². The lowest BCUT2D eigenvalue weighted by Crippen LogP contribution is -2.49.